The second-order valence-corrected chi connectivity index (χ2v) is 6.17. The number of aromatic nitrogens is 1. The van der Waals surface area contributed by atoms with Crippen LogP contribution in [0.5, 0.6) is 5.75 Å². The van der Waals surface area contributed by atoms with Gasteiger partial charge in [-0.15, -0.1) is 11.3 Å². The van der Waals surface area contributed by atoms with Gasteiger partial charge in [-0.1, -0.05) is 6.07 Å². The summed E-state index contributed by atoms with van der Waals surface area (Å²) in [7, 11) is 1.21. The van der Waals surface area contributed by atoms with Crippen molar-refractivity contribution in [3.8, 4) is 16.5 Å². The second kappa shape index (κ2) is 7.36. The van der Waals surface area contributed by atoms with E-state index >= 15 is 0 Å². The Hall–Kier alpha value is -3.20. The Kier molecular flexibility index (Phi) is 4.99. The molecule has 0 aliphatic rings. The van der Waals surface area contributed by atoms with E-state index in [-0.39, 0.29) is 23.6 Å². The number of nitro groups is 1. The number of methoxy groups -OCH3 is 1. The summed E-state index contributed by atoms with van der Waals surface area (Å²) in [6.07, 6.45) is 0. The molecule has 9 heteroatoms. The molecule has 26 heavy (non-hydrogen) atoms. The molecule has 0 saturated carbocycles. The Morgan fingerprint density at radius 1 is 1.38 bits per heavy atom. The molecular weight excluding hydrogens is 360 g/mol. The highest BCUT2D eigenvalue weighted by atomic mass is 32.1. The molecule has 0 spiro atoms. The number of hydrogen-bond donors (Lipinski definition) is 0. The van der Waals surface area contributed by atoms with Gasteiger partial charge in [0.2, 0.25) is 5.89 Å². The standard InChI is InChI=1S/C17H14N2O6S/c1-10-12(18-16(25-10)15-4-3-7-26-15)9-24-14-6-5-11(17(20)23-2)8-13(14)19(21)22/h3-8H,9H2,1-2H3. The quantitative estimate of drug-likeness (QED) is 0.365. The monoisotopic (exact) mass is 374 g/mol. The van der Waals surface area contributed by atoms with Gasteiger partial charge in [-0.3, -0.25) is 10.1 Å². The first-order chi connectivity index (χ1) is 12.5. The Balaban J connectivity index is 1.81. The third-order valence-electron chi connectivity index (χ3n) is 3.57. The van der Waals surface area contributed by atoms with Crippen LogP contribution in [0.1, 0.15) is 21.8 Å². The number of carbonyl (C=O) groups excluding carboxylic acids is 1. The van der Waals surface area contributed by atoms with Crippen molar-refractivity contribution in [1.29, 1.82) is 0 Å². The van der Waals surface area contributed by atoms with Gasteiger partial charge in [0.1, 0.15) is 18.1 Å². The Morgan fingerprint density at radius 3 is 2.85 bits per heavy atom. The topological polar surface area (TPSA) is 105 Å². The molecule has 134 valence electrons. The van der Waals surface area contributed by atoms with Crippen LogP contribution < -0.4 is 4.74 Å². The van der Waals surface area contributed by atoms with Crippen LogP contribution in [0, 0.1) is 17.0 Å². The lowest BCUT2D eigenvalue weighted by molar-refractivity contribution is -0.386. The second-order valence-electron chi connectivity index (χ2n) is 5.22. The van der Waals surface area contributed by atoms with Crippen molar-refractivity contribution in [3.05, 3.63) is 62.8 Å². The van der Waals surface area contributed by atoms with Gasteiger partial charge < -0.3 is 13.9 Å². The zero-order valence-electron chi connectivity index (χ0n) is 13.9. The summed E-state index contributed by atoms with van der Waals surface area (Å²) in [6, 6.07) is 7.66. The molecule has 0 amide bonds. The number of ether oxygens (including phenoxy) is 2. The average molecular weight is 374 g/mol. The van der Waals surface area contributed by atoms with Gasteiger partial charge in [0.25, 0.3) is 0 Å². The van der Waals surface area contributed by atoms with Crippen molar-refractivity contribution >= 4 is 23.0 Å². The molecule has 0 bridgehead atoms. The lowest BCUT2D eigenvalue weighted by atomic mass is 10.2. The van der Waals surface area contributed by atoms with Gasteiger partial charge in [0, 0.05) is 6.07 Å². The number of rotatable bonds is 6. The van der Waals surface area contributed by atoms with E-state index in [1.54, 1.807) is 6.92 Å². The number of benzene rings is 1. The van der Waals surface area contributed by atoms with Crippen LogP contribution in [0.15, 0.2) is 40.1 Å². The molecule has 3 rings (SSSR count). The van der Waals surface area contributed by atoms with Crippen LogP contribution >= 0.6 is 11.3 Å². The Labute approximate surface area is 152 Å². The molecule has 0 unspecified atom stereocenters. The summed E-state index contributed by atoms with van der Waals surface area (Å²) in [4.78, 5) is 27.4. The van der Waals surface area contributed by atoms with E-state index in [1.165, 1.54) is 30.6 Å². The summed E-state index contributed by atoms with van der Waals surface area (Å²) in [6.45, 7) is 1.75. The van der Waals surface area contributed by atoms with Crippen LogP contribution in [0.3, 0.4) is 0 Å². The highest BCUT2D eigenvalue weighted by Gasteiger charge is 2.20. The minimum atomic E-state index is -0.660. The van der Waals surface area contributed by atoms with Crippen LogP contribution in [-0.2, 0) is 11.3 Å². The summed E-state index contributed by atoms with van der Waals surface area (Å²) in [5.74, 6) is 0.421. The maximum absolute atomic E-state index is 11.5. The highest BCUT2D eigenvalue weighted by Crippen LogP contribution is 2.30. The molecule has 0 radical (unpaired) electrons. The van der Waals surface area contributed by atoms with Crippen molar-refractivity contribution < 1.29 is 23.6 Å². The number of hydrogen-bond acceptors (Lipinski definition) is 8. The minimum absolute atomic E-state index is 0.000874. The molecule has 0 fully saturated rings. The van der Waals surface area contributed by atoms with Gasteiger partial charge in [-0.05, 0) is 30.5 Å². The van der Waals surface area contributed by atoms with Gasteiger partial charge in [0.05, 0.1) is 22.5 Å². The van der Waals surface area contributed by atoms with Gasteiger partial charge in [-0.25, -0.2) is 9.78 Å². The smallest absolute Gasteiger partial charge is 0.338 e. The molecule has 8 nitrogen and oxygen atoms in total. The van der Waals surface area contributed by atoms with E-state index in [9.17, 15) is 14.9 Å². The van der Waals surface area contributed by atoms with E-state index in [0.717, 1.165) is 10.9 Å². The predicted octanol–water partition coefficient (Wildman–Crippen LogP) is 3.99. The van der Waals surface area contributed by atoms with Crippen LogP contribution in [0.2, 0.25) is 0 Å². The molecule has 2 aromatic heterocycles. The molecule has 0 N–H and O–H groups in total. The predicted molar refractivity (Wildman–Crippen MR) is 93.3 cm³/mol. The lowest BCUT2D eigenvalue weighted by Gasteiger charge is -2.06. The van der Waals surface area contributed by atoms with Gasteiger partial charge in [0.15, 0.2) is 5.75 Å². The van der Waals surface area contributed by atoms with Crippen molar-refractivity contribution in [2.24, 2.45) is 0 Å². The summed E-state index contributed by atoms with van der Waals surface area (Å²) < 4.78 is 15.7. The molecule has 3 aromatic rings. The summed E-state index contributed by atoms with van der Waals surface area (Å²) in [5.41, 5.74) is 0.288. The van der Waals surface area contributed by atoms with Gasteiger partial charge >= 0.3 is 11.7 Å². The molecule has 1 aromatic carbocycles. The highest BCUT2D eigenvalue weighted by molar-refractivity contribution is 7.13. The van der Waals surface area contributed by atoms with Crippen molar-refractivity contribution in [2.45, 2.75) is 13.5 Å². The third-order valence-corrected chi connectivity index (χ3v) is 4.42. The van der Waals surface area contributed by atoms with Crippen molar-refractivity contribution in [1.82, 2.24) is 4.98 Å². The zero-order chi connectivity index (χ0) is 18.7. The molecule has 2 heterocycles. The van der Waals surface area contributed by atoms with E-state index in [1.807, 2.05) is 17.5 Å². The molecule has 0 aliphatic carbocycles. The van der Waals surface area contributed by atoms with Gasteiger partial charge in [-0.2, -0.15) is 0 Å². The number of oxazole rings is 1. The fraction of sp³-hybridized carbons (Fsp3) is 0.176. The number of aryl methyl sites for hydroxylation is 1. The summed E-state index contributed by atoms with van der Waals surface area (Å²) >= 11 is 1.50. The van der Waals surface area contributed by atoms with Crippen molar-refractivity contribution in [3.63, 3.8) is 0 Å². The first kappa shape index (κ1) is 17.6. The van der Waals surface area contributed by atoms with E-state index in [0.29, 0.717) is 17.3 Å². The third kappa shape index (κ3) is 3.57. The zero-order valence-corrected chi connectivity index (χ0v) is 14.7. The molecule has 0 aliphatic heterocycles. The van der Waals surface area contributed by atoms with E-state index < -0.39 is 10.9 Å². The van der Waals surface area contributed by atoms with Crippen LogP contribution in [0.4, 0.5) is 5.69 Å². The average Bonchev–Trinajstić information content (AvgIpc) is 3.28. The molecule has 0 saturated heterocycles. The van der Waals surface area contributed by atoms with E-state index in [2.05, 4.69) is 9.72 Å². The SMILES string of the molecule is COC(=O)c1ccc(OCc2nc(-c3cccs3)oc2C)c([N+](=O)[O-])c1. The number of thiophene rings is 1. The fourth-order valence-corrected chi connectivity index (χ4v) is 2.89. The number of nitro benzene ring substituents is 1. The maximum Gasteiger partial charge on any atom is 0.338 e. The maximum atomic E-state index is 11.5. The Morgan fingerprint density at radius 2 is 2.19 bits per heavy atom. The number of esters is 1. The Bertz CT molecular complexity index is 948. The summed E-state index contributed by atoms with van der Waals surface area (Å²) in [5, 5.41) is 13.2. The molecular formula is C17H14N2O6S. The van der Waals surface area contributed by atoms with E-state index in [4.69, 9.17) is 9.15 Å². The normalized spacial score (nSPS) is 10.5. The first-order valence-corrected chi connectivity index (χ1v) is 8.37. The van der Waals surface area contributed by atoms with Crippen LogP contribution in [0.25, 0.3) is 10.8 Å². The van der Waals surface area contributed by atoms with Crippen molar-refractivity contribution in [2.75, 3.05) is 7.11 Å². The molecule has 0 atom stereocenters. The largest absolute Gasteiger partial charge is 0.480 e. The number of nitrogens with zero attached hydrogens (tertiary/aromatic N) is 2. The minimum Gasteiger partial charge on any atom is -0.480 e. The fourth-order valence-electron chi connectivity index (χ4n) is 2.24. The lowest BCUT2D eigenvalue weighted by Crippen LogP contribution is -2.05. The van der Waals surface area contributed by atoms with Crippen LogP contribution in [-0.4, -0.2) is 23.0 Å². The first-order valence-electron chi connectivity index (χ1n) is 7.49. The number of carbonyl (C=O) groups is 1.